The maximum atomic E-state index is 9.57. The van der Waals surface area contributed by atoms with E-state index in [9.17, 15) is 15.8 Å². The summed E-state index contributed by atoms with van der Waals surface area (Å²) >= 11 is -2.98. The van der Waals surface area contributed by atoms with E-state index in [4.69, 9.17) is 0 Å². The van der Waals surface area contributed by atoms with E-state index in [0.717, 1.165) is 9.81 Å². The fourth-order valence-corrected chi connectivity index (χ4v) is 12.7. The molecule has 0 fully saturated rings. The standard InChI is InChI=1S/3C7H4N.Bi/c3*8-6-7-4-2-1-3-5-7;/h3*1-4H;. The van der Waals surface area contributed by atoms with E-state index in [1.807, 2.05) is 72.8 Å². The number of hydrogen-bond donors (Lipinski definition) is 0. The van der Waals surface area contributed by atoms with E-state index in [2.05, 4.69) is 18.2 Å². The molecule has 0 atom stereocenters. The van der Waals surface area contributed by atoms with Gasteiger partial charge >= 0.3 is 155 Å². The predicted octanol–water partition coefficient (Wildman–Crippen LogP) is 1.82. The van der Waals surface area contributed by atoms with Crippen LogP contribution in [-0.4, -0.2) is 21.8 Å². The molecule has 0 amide bonds. The molecule has 3 aromatic carbocycles. The first-order chi connectivity index (χ1) is 12.3. The van der Waals surface area contributed by atoms with Crippen molar-refractivity contribution in [2.45, 2.75) is 0 Å². The molecule has 3 rings (SSSR count). The Morgan fingerprint density at radius 1 is 0.480 bits per heavy atom. The van der Waals surface area contributed by atoms with Crippen molar-refractivity contribution in [1.29, 1.82) is 15.8 Å². The molecule has 0 aromatic heterocycles. The normalized spacial score (nSPS) is 9.84. The first kappa shape index (κ1) is 16.9. The molecular weight excluding hydrogens is 503 g/mol. The van der Waals surface area contributed by atoms with E-state index >= 15 is 0 Å². The van der Waals surface area contributed by atoms with Crippen LogP contribution in [0, 0.1) is 34.0 Å². The van der Waals surface area contributed by atoms with Crippen molar-refractivity contribution in [2.24, 2.45) is 0 Å². The molecule has 0 aliphatic carbocycles. The molecule has 3 nitrogen and oxygen atoms in total. The minimum absolute atomic E-state index is 0.626. The summed E-state index contributed by atoms with van der Waals surface area (Å²) in [5, 5.41) is 28.7. The van der Waals surface area contributed by atoms with Crippen LogP contribution in [0.5, 0.6) is 0 Å². The van der Waals surface area contributed by atoms with Gasteiger partial charge in [-0.05, 0) is 0 Å². The zero-order valence-corrected chi connectivity index (χ0v) is 16.7. The molecule has 0 unspecified atom stereocenters. The Hall–Kier alpha value is -2.99. The number of nitrogens with zero attached hydrogens (tertiary/aromatic N) is 3. The fourth-order valence-electron chi connectivity index (χ4n) is 2.68. The van der Waals surface area contributed by atoms with Crippen molar-refractivity contribution in [3.8, 4) is 18.2 Å². The molecule has 0 radical (unpaired) electrons. The molecule has 0 N–H and O–H groups in total. The summed E-state index contributed by atoms with van der Waals surface area (Å²) in [6.07, 6.45) is 0. The molecule has 0 bridgehead atoms. The first-order valence-corrected chi connectivity index (χ1v) is 12.8. The molecule has 25 heavy (non-hydrogen) atoms. The van der Waals surface area contributed by atoms with Crippen LogP contribution < -0.4 is 9.81 Å². The molecule has 116 valence electrons. The number of rotatable bonds is 3. The Bertz CT molecular complexity index is 915. The third-order valence-corrected chi connectivity index (χ3v) is 14.0. The molecule has 0 saturated carbocycles. The third-order valence-electron chi connectivity index (χ3n) is 3.80. The second kappa shape index (κ2) is 7.72. The van der Waals surface area contributed by atoms with Gasteiger partial charge in [-0.3, -0.25) is 0 Å². The van der Waals surface area contributed by atoms with Crippen LogP contribution in [-0.2, 0) is 0 Å². The summed E-state index contributed by atoms with van der Waals surface area (Å²) < 4.78 is 2.97. The van der Waals surface area contributed by atoms with Crippen molar-refractivity contribution in [3.63, 3.8) is 0 Å². The second-order valence-corrected chi connectivity index (χ2v) is 13.4. The zero-order chi connectivity index (χ0) is 17.6. The Morgan fingerprint density at radius 2 is 0.760 bits per heavy atom. The van der Waals surface area contributed by atoms with Gasteiger partial charge in [0.1, 0.15) is 0 Å². The van der Waals surface area contributed by atoms with Gasteiger partial charge in [0, 0.05) is 0 Å². The molecule has 0 spiro atoms. The predicted molar refractivity (Wildman–Crippen MR) is 98.1 cm³/mol. The monoisotopic (exact) mass is 515 g/mol. The molecule has 0 aliphatic heterocycles. The van der Waals surface area contributed by atoms with E-state index in [0.29, 0.717) is 16.7 Å². The second-order valence-electron chi connectivity index (χ2n) is 5.22. The number of nitriles is 3. The van der Waals surface area contributed by atoms with Gasteiger partial charge in [-0.1, -0.05) is 0 Å². The van der Waals surface area contributed by atoms with Crippen LogP contribution in [0.25, 0.3) is 0 Å². The van der Waals surface area contributed by atoms with E-state index < -0.39 is 21.8 Å². The van der Waals surface area contributed by atoms with E-state index in [1.165, 1.54) is 0 Å². The molecule has 0 heterocycles. The van der Waals surface area contributed by atoms with Crippen LogP contribution >= 0.6 is 0 Å². The van der Waals surface area contributed by atoms with Gasteiger partial charge < -0.3 is 0 Å². The summed E-state index contributed by atoms with van der Waals surface area (Å²) in [6.45, 7) is 0. The summed E-state index contributed by atoms with van der Waals surface area (Å²) in [5.74, 6) is 0. The van der Waals surface area contributed by atoms with Gasteiger partial charge in [0.05, 0.1) is 0 Å². The number of benzene rings is 3. The number of hydrogen-bond acceptors (Lipinski definition) is 3. The quantitative estimate of drug-likeness (QED) is 0.500. The maximum absolute atomic E-state index is 9.57. The zero-order valence-electron chi connectivity index (χ0n) is 13.2. The van der Waals surface area contributed by atoms with Crippen LogP contribution in [0.2, 0.25) is 0 Å². The van der Waals surface area contributed by atoms with Gasteiger partial charge in [-0.25, -0.2) is 0 Å². The summed E-state index contributed by atoms with van der Waals surface area (Å²) in [4.78, 5) is 0. The van der Waals surface area contributed by atoms with Gasteiger partial charge in [-0.15, -0.1) is 0 Å². The molecular formula is C21H12BiN3. The fraction of sp³-hybridized carbons (Fsp3) is 0. The van der Waals surface area contributed by atoms with Crippen molar-refractivity contribution in [3.05, 3.63) is 89.5 Å². The average Bonchev–Trinajstić information content (AvgIpc) is 2.69. The van der Waals surface area contributed by atoms with Gasteiger partial charge in [0.2, 0.25) is 0 Å². The Labute approximate surface area is 154 Å². The summed E-state index contributed by atoms with van der Waals surface area (Å²) in [6, 6.07) is 29.4. The van der Waals surface area contributed by atoms with E-state index in [1.54, 1.807) is 0 Å². The summed E-state index contributed by atoms with van der Waals surface area (Å²) in [5.41, 5.74) is 1.88. The Morgan fingerprint density at radius 3 is 1.04 bits per heavy atom. The SMILES string of the molecule is N#Cc1cccc[c]1[Bi]([c]1ccccc1C#N)[c]1ccccc1C#N. The van der Waals surface area contributed by atoms with Crippen LogP contribution in [0.3, 0.4) is 0 Å². The van der Waals surface area contributed by atoms with Gasteiger partial charge in [0.15, 0.2) is 0 Å². The molecule has 0 aliphatic rings. The first-order valence-electron chi connectivity index (χ1n) is 7.57. The van der Waals surface area contributed by atoms with Crippen molar-refractivity contribution in [2.75, 3.05) is 0 Å². The summed E-state index contributed by atoms with van der Waals surface area (Å²) in [7, 11) is 0. The molecule has 3 aromatic rings. The van der Waals surface area contributed by atoms with Gasteiger partial charge in [-0.2, -0.15) is 0 Å². The minimum atomic E-state index is -2.98. The van der Waals surface area contributed by atoms with Crippen LogP contribution in [0.15, 0.2) is 72.8 Å². The molecule has 0 saturated heterocycles. The van der Waals surface area contributed by atoms with Crippen LogP contribution in [0.4, 0.5) is 0 Å². The van der Waals surface area contributed by atoms with Crippen LogP contribution in [0.1, 0.15) is 16.7 Å². The van der Waals surface area contributed by atoms with Crippen molar-refractivity contribution < 1.29 is 0 Å². The topological polar surface area (TPSA) is 71.4 Å². The third kappa shape index (κ3) is 3.30. The van der Waals surface area contributed by atoms with Crippen molar-refractivity contribution >= 4 is 31.6 Å². The van der Waals surface area contributed by atoms with Gasteiger partial charge in [0.25, 0.3) is 0 Å². The Kier molecular flexibility index (Phi) is 5.21. The Balaban J connectivity index is 2.36. The van der Waals surface area contributed by atoms with E-state index in [-0.39, 0.29) is 0 Å². The molecule has 4 heteroatoms. The average molecular weight is 515 g/mol. The van der Waals surface area contributed by atoms with Crippen molar-refractivity contribution in [1.82, 2.24) is 0 Å².